The van der Waals surface area contributed by atoms with Gasteiger partial charge in [-0.3, -0.25) is 14.5 Å². The Labute approximate surface area is 174 Å². The molecule has 0 N–H and O–H groups in total. The molecule has 158 valence electrons. The SMILES string of the molecule is CCc1noc(COC(=O)C23CCC(=O)N2c2ccccc2C(=O)N3CC(C)C)n1. The fourth-order valence-electron chi connectivity index (χ4n) is 4.10. The van der Waals surface area contributed by atoms with Gasteiger partial charge in [-0.25, -0.2) is 4.79 Å². The summed E-state index contributed by atoms with van der Waals surface area (Å²) in [6.45, 7) is 5.89. The van der Waals surface area contributed by atoms with Gasteiger partial charge in [0.25, 0.3) is 11.8 Å². The molecule has 1 unspecified atom stereocenters. The molecule has 2 aliphatic heterocycles. The molecule has 3 heterocycles. The van der Waals surface area contributed by atoms with Crippen molar-refractivity contribution >= 4 is 23.5 Å². The van der Waals surface area contributed by atoms with Gasteiger partial charge in [-0.2, -0.15) is 4.98 Å². The fourth-order valence-corrected chi connectivity index (χ4v) is 4.10. The van der Waals surface area contributed by atoms with Crippen molar-refractivity contribution in [1.29, 1.82) is 0 Å². The Morgan fingerprint density at radius 1 is 1.30 bits per heavy atom. The van der Waals surface area contributed by atoms with Gasteiger partial charge in [0.15, 0.2) is 12.4 Å². The number of benzene rings is 1. The predicted molar refractivity (Wildman–Crippen MR) is 105 cm³/mol. The lowest BCUT2D eigenvalue weighted by molar-refractivity contribution is -0.159. The van der Waals surface area contributed by atoms with Gasteiger partial charge < -0.3 is 14.2 Å². The van der Waals surface area contributed by atoms with E-state index in [9.17, 15) is 14.4 Å². The zero-order valence-corrected chi connectivity index (χ0v) is 17.3. The van der Waals surface area contributed by atoms with Crippen molar-refractivity contribution in [3.8, 4) is 0 Å². The monoisotopic (exact) mass is 412 g/mol. The summed E-state index contributed by atoms with van der Waals surface area (Å²) < 4.78 is 10.6. The van der Waals surface area contributed by atoms with E-state index < -0.39 is 11.6 Å². The Morgan fingerprint density at radius 2 is 2.07 bits per heavy atom. The van der Waals surface area contributed by atoms with Gasteiger partial charge in [0.2, 0.25) is 11.6 Å². The molecule has 1 atom stereocenters. The normalized spacial score (nSPS) is 20.5. The van der Waals surface area contributed by atoms with E-state index in [1.165, 1.54) is 9.80 Å². The molecule has 9 heteroatoms. The van der Waals surface area contributed by atoms with Crippen LogP contribution in [-0.4, -0.2) is 45.0 Å². The summed E-state index contributed by atoms with van der Waals surface area (Å²) in [4.78, 5) is 46.7. The number of fused-ring (bicyclic) bond motifs is 3. The fraction of sp³-hybridized carbons (Fsp3) is 0.476. The number of esters is 1. The van der Waals surface area contributed by atoms with Gasteiger partial charge in [-0.05, 0) is 18.1 Å². The third-order valence-corrected chi connectivity index (χ3v) is 5.40. The molecule has 0 spiro atoms. The minimum Gasteiger partial charge on any atom is -0.452 e. The zero-order chi connectivity index (χ0) is 21.5. The number of aryl methyl sites for hydroxylation is 1. The molecule has 0 radical (unpaired) electrons. The van der Waals surface area contributed by atoms with Crippen LogP contribution in [0.3, 0.4) is 0 Å². The second-order valence-corrected chi connectivity index (χ2v) is 7.91. The highest BCUT2D eigenvalue weighted by Crippen LogP contribution is 2.45. The maximum Gasteiger partial charge on any atom is 0.354 e. The molecule has 0 saturated carbocycles. The summed E-state index contributed by atoms with van der Waals surface area (Å²) >= 11 is 0. The van der Waals surface area contributed by atoms with Crippen LogP contribution in [0.5, 0.6) is 0 Å². The molecule has 1 aromatic heterocycles. The second-order valence-electron chi connectivity index (χ2n) is 7.91. The summed E-state index contributed by atoms with van der Waals surface area (Å²) in [5.74, 6) is -0.400. The first-order chi connectivity index (χ1) is 14.4. The largest absolute Gasteiger partial charge is 0.452 e. The van der Waals surface area contributed by atoms with E-state index in [0.29, 0.717) is 30.0 Å². The third kappa shape index (κ3) is 3.05. The third-order valence-electron chi connectivity index (χ3n) is 5.40. The highest BCUT2D eigenvalue weighted by atomic mass is 16.6. The standard InChI is InChI=1S/C21H24N4O5/c1-4-16-22-17(30-23-16)12-29-20(28)21-10-9-18(26)25(21)15-8-6-5-7-14(15)19(27)24(21)11-13(2)3/h5-8,13H,4,9-12H2,1-3H3. The molecule has 0 aliphatic carbocycles. The van der Waals surface area contributed by atoms with E-state index in [1.54, 1.807) is 24.3 Å². The summed E-state index contributed by atoms with van der Waals surface area (Å²) in [5.41, 5.74) is -0.672. The molecule has 1 saturated heterocycles. The lowest BCUT2D eigenvalue weighted by Gasteiger charge is -2.48. The Bertz CT molecular complexity index is 1000. The van der Waals surface area contributed by atoms with Crippen LogP contribution in [0.15, 0.2) is 28.8 Å². The molecule has 9 nitrogen and oxygen atoms in total. The zero-order valence-electron chi connectivity index (χ0n) is 17.3. The van der Waals surface area contributed by atoms with Gasteiger partial charge >= 0.3 is 5.97 Å². The van der Waals surface area contributed by atoms with Crippen LogP contribution >= 0.6 is 0 Å². The number of amides is 2. The maximum absolute atomic E-state index is 13.4. The highest BCUT2D eigenvalue weighted by molar-refractivity contribution is 6.15. The number of hydrogen-bond donors (Lipinski definition) is 0. The van der Waals surface area contributed by atoms with Crippen LogP contribution in [0.1, 0.15) is 55.7 Å². The van der Waals surface area contributed by atoms with Crippen LogP contribution in [-0.2, 0) is 27.4 Å². The lowest BCUT2D eigenvalue weighted by atomic mass is 9.95. The maximum atomic E-state index is 13.4. The Hall–Kier alpha value is -3.23. The van der Waals surface area contributed by atoms with Crippen LogP contribution in [0.4, 0.5) is 5.69 Å². The molecule has 2 aliphatic rings. The number of para-hydroxylation sites is 1. The molecule has 1 fully saturated rings. The first-order valence-corrected chi connectivity index (χ1v) is 10.1. The van der Waals surface area contributed by atoms with Crippen molar-refractivity contribution in [2.24, 2.45) is 5.92 Å². The predicted octanol–water partition coefficient (Wildman–Crippen LogP) is 2.31. The number of anilines is 1. The van der Waals surface area contributed by atoms with Crippen molar-refractivity contribution in [3.63, 3.8) is 0 Å². The average Bonchev–Trinajstić information content (AvgIpc) is 3.34. The molecule has 2 aromatic rings. The topological polar surface area (TPSA) is 106 Å². The molecule has 0 bridgehead atoms. The number of carbonyl (C=O) groups is 3. The summed E-state index contributed by atoms with van der Waals surface area (Å²) in [7, 11) is 0. The minimum absolute atomic E-state index is 0.0875. The quantitative estimate of drug-likeness (QED) is 0.670. The molecule has 30 heavy (non-hydrogen) atoms. The van der Waals surface area contributed by atoms with E-state index in [-0.39, 0.29) is 43.1 Å². The number of carbonyl (C=O) groups excluding carboxylic acids is 3. The van der Waals surface area contributed by atoms with Crippen LogP contribution in [0.25, 0.3) is 0 Å². The first kappa shape index (κ1) is 20.1. The molecule has 2 amide bonds. The van der Waals surface area contributed by atoms with Crippen LogP contribution < -0.4 is 4.90 Å². The average molecular weight is 412 g/mol. The van der Waals surface area contributed by atoms with Crippen molar-refractivity contribution in [1.82, 2.24) is 15.0 Å². The van der Waals surface area contributed by atoms with E-state index in [0.717, 1.165) is 0 Å². The van der Waals surface area contributed by atoms with Crippen LogP contribution in [0.2, 0.25) is 0 Å². The van der Waals surface area contributed by atoms with Gasteiger partial charge in [-0.1, -0.05) is 38.1 Å². The van der Waals surface area contributed by atoms with Crippen molar-refractivity contribution < 1.29 is 23.6 Å². The first-order valence-electron chi connectivity index (χ1n) is 10.1. The smallest absolute Gasteiger partial charge is 0.354 e. The number of rotatable bonds is 6. The molecule has 1 aromatic carbocycles. The number of aromatic nitrogens is 2. The molecule has 4 rings (SSSR count). The Morgan fingerprint density at radius 3 is 2.77 bits per heavy atom. The second kappa shape index (κ2) is 7.55. The lowest BCUT2D eigenvalue weighted by Crippen LogP contribution is -2.69. The number of nitrogens with zero attached hydrogens (tertiary/aromatic N) is 4. The van der Waals surface area contributed by atoms with Gasteiger partial charge in [0, 0.05) is 25.8 Å². The van der Waals surface area contributed by atoms with Crippen LogP contribution in [0, 0.1) is 5.92 Å². The van der Waals surface area contributed by atoms with E-state index >= 15 is 0 Å². The summed E-state index contributed by atoms with van der Waals surface area (Å²) in [6.07, 6.45) is 0.907. The highest BCUT2D eigenvalue weighted by Gasteiger charge is 2.62. The Kier molecular flexibility index (Phi) is 5.05. The van der Waals surface area contributed by atoms with Gasteiger partial charge in [-0.15, -0.1) is 0 Å². The van der Waals surface area contributed by atoms with E-state index in [2.05, 4.69) is 10.1 Å². The van der Waals surface area contributed by atoms with E-state index in [1.807, 2.05) is 20.8 Å². The van der Waals surface area contributed by atoms with Crippen molar-refractivity contribution in [2.75, 3.05) is 11.4 Å². The number of ether oxygens (including phenoxy) is 1. The molecular formula is C21H24N4O5. The summed E-state index contributed by atoms with van der Waals surface area (Å²) in [5, 5.41) is 3.79. The van der Waals surface area contributed by atoms with Crippen molar-refractivity contribution in [2.45, 2.75) is 52.3 Å². The number of hydrogen-bond acceptors (Lipinski definition) is 7. The Balaban J connectivity index is 1.73. The van der Waals surface area contributed by atoms with Gasteiger partial charge in [0.05, 0.1) is 11.3 Å². The molecular weight excluding hydrogens is 388 g/mol. The van der Waals surface area contributed by atoms with Crippen molar-refractivity contribution in [3.05, 3.63) is 41.5 Å². The van der Waals surface area contributed by atoms with Gasteiger partial charge in [0.1, 0.15) is 0 Å². The van der Waals surface area contributed by atoms with E-state index in [4.69, 9.17) is 9.26 Å². The minimum atomic E-state index is -1.51. The summed E-state index contributed by atoms with van der Waals surface area (Å²) in [6, 6.07) is 6.86.